The Hall–Kier alpha value is -3.06. The van der Waals surface area contributed by atoms with E-state index in [4.69, 9.17) is 0 Å². The molecule has 2 N–H and O–H groups in total. The van der Waals surface area contributed by atoms with E-state index in [0.717, 1.165) is 15.3 Å². The molecule has 3 rings (SSSR count). The van der Waals surface area contributed by atoms with Crippen LogP contribution in [-0.2, 0) is 14.8 Å². The van der Waals surface area contributed by atoms with E-state index in [2.05, 4.69) is 0 Å². The highest BCUT2D eigenvalue weighted by molar-refractivity contribution is 7.93. The summed E-state index contributed by atoms with van der Waals surface area (Å²) in [6.45, 7) is 4.40. The highest BCUT2D eigenvalue weighted by Crippen LogP contribution is 2.38. The van der Waals surface area contributed by atoms with Crippen molar-refractivity contribution in [3.8, 4) is 5.75 Å². The number of sulfonamides is 1. The van der Waals surface area contributed by atoms with E-state index < -0.39 is 22.5 Å². The number of carboxylic acid groups (broad SMARTS) is 1. The average Bonchev–Trinajstić information content (AvgIpc) is 2.59. The van der Waals surface area contributed by atoms with Crippen molar-refractivity contribution < 1.29 is 23.4 Å². The quantitative estimate of drug-likeness (QED) is 0.681. The number of rotatable bonds is 5. The maximum Gasteiger partial charge on any atom is 0.324 e. The number of nitrogens with zero attached hydrogens (tertiary/aromatic N) is 1. The third kappa shape index (κ3) is 3.41. The lowest BCUT2D eigenvalue weighted by Crippen LogP contribution is -2.36. The number of phenols is 1. The van der Waals surface area contributed by atoms with Crippen LogP contribution in [0.1, 0.15) is 16.7 Å². The van der Waals surface area contributed by atoms with Gasteiger partial charge in [0.2, 0.25) is 0 Å². The van der Waals surface area contributed by atoms with Crippen molar-refractivity contribution in [2.75, 3.05) is 10.8 Å². The topological polar surface area (TPSA) is 94.9 Å². The zero-order valence-electron chi connectivity index (χ0n) is 15.8. The average molecular weight is 399 g/mol. The summed E-state index contributed by atoms with van der Waals surface area (Å²) in [7, 11) is -4.23. The fourth-order valence-electron chi connectivity index (χ4n) is 3.55. The first-order valence-corrected chi connectivity index (χ1v) is 10.1. The summed E-state index contributed by atoms with van der Waals surface area (Å²) in [6.07, 6.45) is 0. The summed E-state index contributed by atoms with van der Waals surface area (Å²) in [5, 5.41) is 21.2. The van der Waals surface area contributed by atoms with Gasteiger partial charge in [-0.3, -0.25) is 9.10 Å². The number of carboxylic acids is 1. The van der Waals surface area contributed by atoms with Gasteiger partial charge in [-0.1, -0.05) is 48.0 Å². The van der Waals surface area contributed by atoms with Gasteiger partial charge in [0.05, 0.1) is 10.6 Å². The van der Waals surface area contributed by atoms with Crippen molar-refractivity contribution >= 4 is 32.5 Å². The number of benzene rings is 3. The van der Waals surface area contributed by atoms with E-state index in [1.807, 2.05) is 6.92 Å². The second-order valence-electron chi connectivity index (χ2n) is 6.79. The molecule has 6 nitrogen and oxygen atoms in total. The normalized spacial score (nSPS) is 11.5. The Morgan fingerprint density at radius 1 is 1.00 bits per heavy atom. The molecule has 0 amide bonds. The van der Waals surface area contributed by atoms with Crippen molar-refractivity contribution in [1.82, 2.24) is 0 Å². The molecule has 0 aliphatic heterocycles. The van der Waals surface area contributed by atoms with Gasteiger partial charge in [0.1, 0.15) is 12.3 Å². The number of aryl methyl sites for hydroxylation is 3. The van der Waals surface area contributed by atoms with E-state index in [-0.39, 0.29) is 16.3 Å². The molecule has 0 aliphatic rings. The lowest BCUT2D eigenvalue weighted by molar-refractivity contribution is -0.135. The smallest absolute Gasteiger partial charge is 0.324 e. The minimum Gasteiger partial charge on any atom is -0.505 e. The Kier molecular flexibility index (Phi) is 5.04. The van der Waals surface area contributed by atoms with Crippen LogP contribution in [0.15, 0.2) is 53.4 Å². The first kappa shape index (κ1) is 19.7. The third-order valence-electron chi connectivity index (χ3n) is 4.58. The first-order valence-electron chi connectivity index (χ1n) is 8.66. The van der Waals surface area contributed by atoms with Gasteiger partial charge in [-0.05, 0) is 43.4 Å². The van der Waals surface area contributed by atoms with E-state index in [0.29, 0.717) is 16.5 Å². The monoisotopic (exact) mass is 399 g/mol. The number of hydrogen-bond donors (Lipinski definition) is 2. The zero-order chi connectivity index (χ0) is 20.6. The summed E-state index contributed by atoms with van der Waals surface area (Å²) >= 11 is 0. The standard InChI is InChI=1S/C21H21NO5S/c1-13-10-14(2)21(15(3)11-13)28(26,27)22(12-19(23)24)18-9-8-16-6-4-5-7-17(16)20(18)25/h4-11,25H,12H2,1-3H3,(H,23,24). The third-order valence-corrected chi connectivity index (χ3v) is 6.65. The van der Waals surface area contributed by atoms with E-state index in [1.54, 1.807) is 56.3 Å². The number of carbonyl (C=O) groups is 1. The highest BCUT2D eigenvalue weighted by atomic mass is 32.2. The first-order chi connectivity index (χ1) is 13.1. The minimum atomic E-state index is -4.23. The molecule has 146 valence electrons. The van der Waals surface area contributed by atoms with Gasteiger partial charge in [-0.25, -0.2) is 8.42 Å². The van der Waals surface area contributed by atoms with Gasteiger partial charge in [0, 0.05) is 5.39 Å². The van der Waals surface area contributed by atoms with Crippen LogP contribution in [-0.4, -0.2) is 31.1 Å². The van der Waals surface area contributed by atoms with Gasteiger partial charge in [0.15, 0.2) is 0 Å². The second kappa shape index (κ2) is 7.16. The molecule has 0 saturated heterocycles. The van der Waals surface area contributed by atoms with Gasteiger partial charge in [0.25, 0.3) is 10.0 Å². The van der Waals surface area contributed by atoms with Crippen molar-refractivity contribution in [2.24, 2.45) is 0 Å². The Labute approximate surface area is 163 Å². The molecule has 28 heavy (non-hydrogen) atoms. The number of anilines is 1. The molecule has 3 aromatic carbocycles. The van der Waals surface area contributed by atoms with Crippen LogP contribution in [0, 0.1) is 20.8 Å². The van der Waals surface area contributed by atoms with Gasteiger partial charge < -0.3 is 10.2 Å². The van der Waals surface area contributed by atoms with Crippen LogP contribution < -0.4 is 4.31 Å². The van der Waals surface area contributed by atoms with Crippen molar-refractivity contribution in [3.05, 3.63) is 65.2 Å². The summed E-state index contributed by atoms with van der Waals surface area (Å²) in [6, 6.07) is 13.5. The predicted octanol–water partition coefficient (Wildman–Crippen LogP) is 3.75. The van der Waals surface area contributed by atoms with Crippen LogP contribution in [0.4, 0.5) is 5.69 Å². The Morgan fingerprint density at radius 3 is 2.21 bits per heavy atom. The number of phenolic OH excluding ortho intramolecular Hbond substituents is 1. The van der Waals surface area contributed by atoms with Gasteiger partial charge >= 0.3 is 5.97 Å². The maximum absolute atomic E-state index is 13.5. The second-order valence-corrected chi connectivity index (χ2v) is 8.59. The molecule has 0 spiro atoms. The summed E-state index contributed by atoms with van der Waals surface area (Å²) in [5.74, 6) is -1.59. The molecule has 0 fully saturated rings. The summed E-state index contributed by atoms with van der Waals surface area (Å²) in [4.78, 5) is 11.5. The van der Waals surface area contributed by atoms with E-state index in [9.17, 15) is 23.4 Å². The maximum atomic E-state index is 13.5. The van der Waals surface area contributed by atoms with Gasteiger partial charge in [-0.15, -0.1) is 0 Å². The fourth-order valence-corrected chi connectivity index (χ4v) is 5.39. The Balaban J connectivity index is 2.27. The van der Waals surface area contributed by atoms with Crippen LogP contribution >= 0.6 is 0 Å². The number of aliphatic carboxylic acids is 1. The van der Waals surface area contributed by atoms with Crippen molar-refractivity contribution in [1.29, 1.82) is 0 Å². The minimum absolute atomic E-state index is 0.0481. The number of aromatic hydroxyl groups is 1. The molecule has 0 heterocycles. The molecular weight excluding hydrogens is 378 g/mol. The van der Waals surface area contributed by atoms with Crippen LogP contribution in [0.2, 0.25) is 0 Å². The van der Waals surface area contributed by atoms with Crippen molar-refractivity contribution in [3.63, 3.8) is 0 Å². The summed E-state index contributed by atoms with van der Waals surface area (Å²) in [5.41, 5.74) is 1.88. The lowest BCUT2D eigenvalue weighted by Gasteiger charge is -2.26. The zero-order valence-corrected chi connectivity index (χ0v) is 16.6. The molecule has 7 heteroatoms. The predicted molar refractivity (Wildman–Crippen MR) is 108 cm³/mol. The molecule has 0 unspecified atom stereocenters. The molecule has 3 aromatic rings. The number of hydrogen-bond acceptors (Lipinski definition) is 4. The molecule has 0 aliphatic carbocycles. The van der Waals surface area contributed by atoms with E-state index in [1.165, 1.54) is 6.07 Å². The Bertz CT molecular complexity index is 1160. The molecular formula is C21H21NO5S. The Morgan fingerprint density at radius 2 is 1.61 bits per heavy atom. The largest absolute Gasteiger partial charge is 0.505 e. The molecule has 0 saturated carbocycles. The van der Waals surface area contributed by atoms with E-state index >= 15 is 0 Å². The molecule has 0 atom stereocenters. The van der Waals surface area contributed by atoms with Crippen LogP contribution in [0.5, 0.6) is 5.75 Å². The lowest BCUT2D eigenvalue weighted by atomic mass is 10.1. The SMILES string of the molecule is Cc1cc(C)c(S(=O)(=O)N(CC(=O)O)c2ccc3ccccc3c2O)c(C)c1. The van der Waals surface area contributed by atoms with Crippen LogP contribution in [0.3, 0.4) is 0 Å². The van der Waals surface area contributed by atoms with Gasteiger partial charge in [-0.2, -0.15) is 0 Å². The highest BCUT2D eigenvalue weighted by Gasteiger charge is 2.32. The van der Waals surface area contributed by atoms with Crippen molar-refractivity contribution in [2.45, 2.75) is 25.7 Å². The fraction of sp³-hybridized carbons (Fsp3) is 0.190. The summed E-state index contributed by atoms with van der Waals surface area (Å²) < 4.78 is 27.7. The number of fused-ring (bicyclic) bond motifs is 1. The molecule has 0 bridgehead atoms. The molecule has 0 aromatic heterocycles. The van der Waals surface area contributed by atoms with Crippen LogP contribution in [0.25, 0.3) is 10.8 Å². The molecule has 0 radical (unpaired) electrons.